The predicted octanol–water partition coefficient (Wildman–Crippen LogP) is 2.23. The zero-order chi connectivity index (χ0) is 13.9. The van der Waals surface area contributed by atoms with Gasteiger partial charge in [-0.15, -0.1) is 0 Å². The molecule has 1 aromatic carbocycles. The Morgan fingerprint density at radius 3 is 2.32 bits per heavy atom. The van der Waals surface area contributed by atoms with Gasteiger partial charge in [-0.2, -0.15) is 0 Å². The van der Waals surface area contributed by atoms with Crippen LogP contribution in [0.5, 0.6) is 0 Å². The molecule has 1 fully saturated rings. The van der Waals surface area contributed by atoms with Gasteiger partial charge in [0.25, 0.3) is 0 Å². The van der Waals surface area contributed by atoms with Gasteiger partial charge in [-0.1, -0.05) is 19.3 Å². The van der Waals surface area contributed by atoms with Crippen LogP contribution in [-0.4, -0.2) is 20.5 Å². The first kappa shape index (κ1) is 15.2. The third-order valence-electron chi connectivity index (χ3n) is 3.59. The smallest absolute Gasteiger partial charge is 0.240 e. The van der Waals surface area contributed by atoms with Crippen molar-refractivity contribution in [3.8, 4) is 0 Å². The van der Waals surface area contributed by atoms with Gasteiger partial charge in [-0.25, -0.2) is 13.1 Å². The quantitative estimate of drug-likeness (QED) is 0.770. The molecule has 4 nitrogen and oxygen atoms in total. The van der Waals surface area contributed by atoms with Crippen LogP contribution in [0.2, 0.25) is 0 Å². The second-order valence-corrected chi connectivity index (χ2v) is 8.21. The number of benzene rings is 1. The first-order valence-electron chi connectivity index (χ1n) is 6.45. The highest BCUT2D eigenvalue weighted by atomic mass is 127. The predicted molar refractivity (Wildman–Crippen MR) is 84.4 cm³/mol. The minimum absolute atomic E-state index is 0.298. The lowest BCUT2D eigenvalue weighted by Crippen LogP contribution is -2.51. The van der Waals surface area contributed by atoms with E-state index in [-0.39, 0.29) is 5.54 Å². The molecule has 0 radical (unpaired) electrons. The van der Waals surface area contributed by atoms with Crippen LogP contribution in [-0.2, 0) is 10.0 Å². The van der Waals surface area contributed by atoms with Gasteiger partial charge in [0.05, 0.1) is 4.90 Å². The molecule has 0 bridgehead atoms. The maximum Gasteiger partial charge on any atom is 0.240 e. The summed E-state index contributed by atoms with van der Waals surface area (Å²) in [7, 11) is -3.45. The molecule has 1 aliphatic rings. The van der Waals surface area contributed by atoms with Crippen LogP contribution < -0.4 is 10.5 Å². The van der Waals surface area contributed by atoms with Crippen LogP contribution in [0, 0.1) is 3.57 Å². The van der Waals surface area contributed by atoms with E-state index in [4.69, 9.17) is 5.73 Å². The van der Waals surface area contributed by atoms with Crippen LogP contribution in [0.15, 0.2) is 29.2 Å². The average Bonchev–Trinajstić information content (AvgIpc) is 2.38. The highest BCUT2D eigenvalue weighted by Gasteiger charge is 2.29. The number of halogens is 1. The van der Waals surface area contributed by atoms with Crippen LogP contribution >= 0.6 is 22.6 Å². The molecular weight excluding hydrogens is 375 g/mol. The van der Waals surface area contributed by atoms with Crippen molar-refractivity contribution in [2.45, 2.75) is 42.5 Å². The first-order valence-corrected chi connectivity index (χ1v) is 9.02. The van der Waals surface area contributed by atoms with E-state index in [0.29, 0.717) is 11.4 Å². The van der Waals surface area contributed by atoms with E-state index in [0.717, 1.165) is 29.3 Å². The van der Waals surface area contributed by atoms with Crippen molar-refractivity contribution in [2.24, 2.45) is 5.73 Å². The first-order chi connectivity index (χ1) is 8.91. The van der Waals surface area contributed by atoms with Gasteiger partial charge in [0.2, 0.25) is 10.0 Å². The molecule has 0 spiro atoms. The Labute approximate surface area is 128 Å². The maximum absolute atomic E-state index is 12.2. The Morgan fingerprint density at radius 2 is 1.74 bits per heavy atom. The third-order valence-corrected chi connectivity index (χ3v) is 5.72. The van der Waals surface area contributed by atoms with Gasteiger partial charge >= 0.3 is 0 Å². The van der Waals surface area contributed by atoms with E-state index in [1.807, 2.05) is 0 Å². The van der Waals surface area contributed by atoms with Crippen molar-refractivity contribution >= 4 is 32.6 Å². The summed E-state index contributed by atoms with van der Waals surface area (Å²) < 4.78 is 28.0. The van der Waals surface area contributed by atoms with E-state index >= 15 is 0 Å². The zero-order valence-corrected chi connectivity index (χ0v) is 13.7. The van der Waals surface area contributed by atoms with Crippen molar-refractivity contribution < 1.29 is 8.42 Å². The summed E-state index contributed by atoms with van der Waals surface area (Å²) >= 11 is 2.15. The molecule has 3 N–H and O–H groups in total. The molecular formula is C13H19IN2O2S. The van der Waals surface area contributed by atoms with E-state index in [1.165, 1.54) is 6.42 Å². The molecule has 0 amide bonds. The summed E-state index contributed by atoms with van der Waals surface area (Å²) in [5.41, 5.74) is 5.86. The molecule has 0 heterocycles. The summed E-state index contributed by atoms with van der Waals surface area (Å²) in [5, 5.41) is 0. The highest BCUT2D eigenvalue weighted by Crippen LogP contribution is 2.25. The van der Waals surface area contributed by atoms with Gasteiger partial charge < -0.3 is 5.73 Å². The topological polar surface area (TPSA) is 72.2 Å². The van der Waals surface area contributed by atoms with Crippen molar-refractivity contribution in [3.63, 3.8) is 0 Å². The lowest BCUT2D eigenvalue weighted by molar-refractivity contribution is 0.296. The summed E-state index contributed by atoms with van der Waals surface area (Å²) in [5.74, 6) is 0. The van der Waals surface area contributed by atoms with Crippen molar-refractivity contribution in [1.29, 1.82) is 0 Å². The van der Waals surface area contributed by atoms with Crippen LogP contribution in [0.25, 0.3) is 0 Å². The molecule has 0 aliphatic heterocycles. The van der Waals surface area contributed by atoms with Crippen LogP contribution in [0.3, 0.4) is 0 Å². The van der Waals surface area contributed by atoms with Crippen molar-refractivity contribution in [3.05, 3.63) is 27.8 Å². The number of nitrogens with one attached hydrogen (secondary N) is 1. The van der Waals surface area contributed by atoms with Gasteiger partial charge in [-0.3, -0.25) is 0 Å². The number of rotatable bonds is 4. The summed E-state index contributed by atoms with van der Waals surface area (Å²) in [6.45, 7) is 0.321. The van der Waals surface area contributed by atoms with Crippen LogP contribution in [0.1, 0.15) is 32.1 Å². The fraction of sp³-hybridized carbons (Fsp3) is 0.538. The minimum Gasteiger partial charge on any atom is -0.324 e. The van der Waals surface area contributed by atoms with Gasteiger partial charge in [0, 0.05) is 15.7 Å². The monoisotopic (exact) mass is 394 g/mol. The molecule has 6 heteroatoms. The second kappa shape index (κ2) is 6.07. The Hall–Kier alpha value is -0.180. The molecule has 0 saturated heterocycles. The molecule has 0 unspecified atom stereocenters. The maximum atomic E-state index is 12.2. The molecule has 19 heavy (non-hydrogen) atoms. The molecule has 1 aromatic rings. The number of hydrogen-bond donors (Lipinski definition) is 2. The van der Waals surface area contributed by atoms with E-state index in [9.17, 15) is 8.42 Å². The Morgan fingerprint density at radius 1 is 1.16 bits per heavy atom. The van der Waals surface area contributed by atoms with E-state index in [2.05, 4.69) is 27.3 Å². The SMILES string of the molecule is NC1(CNS(=O)(=O)c2ccc(I)cc2)CCCCC1. The summed E-state index contributed by atoms with van der Waals surface area (Å²) in [6.07, 6.45) is 5.15. The molecule has 1 aliphatic carbocycles. The standard InChI is InChI=1S/C13H19IN2O2S/c14-11-4-6-12(7-5-11)19(17,18)16-10-13(15)8-2-1-3-9-13/h4-7,16H,1-3,8-10,15H2. The van der Waals surface area contributed by atoms with Crippen LogP contribution in [0.4, 0.5) is 0 Å². The molecule has 1 saturated carbocycles. The Kier molecular flexibility index (Phi) is 4.86. The fourth-order valence-electron chi connectivity index (χ4n) is 2.37. The lowest BCUT2D eigenvalue weighted by atomic mass is 9.83. The summed E-state index contributed by atoms with van der Waals surface area (Å²) in [4.78, 5) is 0.298. The third kappa shape index (κ3) is 4.14. The van der Waals surface area contributed by atoms with Gasteiger partial charge in [0.1, 0.15) is 0 Å². The molecule has 2 rings (SSSR count). The normalized spacial score (nSPS) is 19.3. The lowest BCUT2D eigenvalue weighted by Gasteiger charge is -2.33. The van der Waals surface area contributed by atoms with E-state index < -0.39 is 10.0 Å². The fourth-order valence-corrected chi connectivity index (χ4v) is 3.87. The average molecular weight is 394 g/mol. The van der Waals surface area contributed by atoms with Gasteiger partial charge in [-0.05, 0) is 59.7 Å². The Bertz CT molecular complexity index is 522. The number of sulfonamides is 1. The molecule has 0 aromatic heterocycles. The minimum atomic E-state index is -3.45. The molecule has 0 atom stereocenters. The van der Waals surface area contributed by atoms with E-state index in [1.54, 1.807) is 24.3 Å². The highest BCUT2D eigenvalue weighted by molar-refractivity contribution is 14.1. The van der Waals surface area contributed by atoms with Crippen molar-refractivity contribution in [2.75, 3.05) is 6.54 Å². The molecule has 106 valence electrons. The van der Waals surface area contributed by atoms with Crippen molar-refractivity contribution in [1.82, 2.24) is 4.72 Å². The number of hydrogen-bond acceptors (Lipinski definition) is 3. The largest absolute Gasteiger partial charge is 0.324 e. The Balaban J connectivity index is 2.03. The summed E-state index contributed by atoms with van der Waals surface area (Å²) in [6, 6.07) is 6.81. The number of nitrogens with two attached hydrogens (primary N) is 1. The van der Waals surface area contributed by atoms with Gasteiger partial charge in [0.15, 0.2) is 0 Å². The zero-order valence-electron chi connectivity index (χ0n) is 10.7. The second-order valence-electron chi connectivity index (χ2n) is 5.20.